The highest BCUT2D eigenvalue weighted by molar-refractivity contribution is 7.99. The van der Waals surface area contributed by atoms with Crippen LogP contribution in [0.1, 0.15) is 11.1 Å². The fourth-order valence-electron chi connectivity index (χ4n) is 3.71. The molecule has 1 unspecified atom stereocenters. The molecule has 0 bridgehead atoms. The van der Waals surface area contributed by atoms with Gasteiger partial charge in [0.25, 0.3) is 0 Å². The van der Waals surface area contributed by atoms with Crippen LogP contribution in [-0.2, 0) is 16.1 Å². The van der Waals surface area contributed by atoms with Crippen LogP contribution in [0, 0.1) is 6.92 Å². The molecule has 1 aromatic heterocycles. The number of hydrogen-bond donors (Lipinski definition) is 1. The van der Waals surface area contributed by atoms with Crippen LogP contribution in [0.25, 0.3) is 5.69 Å². The number of carbonyl (C=O) groups excluding carboxylic acids is 1. The maximum atomic E-state index is 12.4. The third-order valence-electron chi connectivity index (χ3n) is 5.31. The molecule has 162 valence electrons. The topological polar surface area (TPSA) is 59.4 Å². The van der Waals surface area contributed by atoms with Crippen LogP contribution >= 0.6 is 11.8 Å². The maximum Gasteiger partial charge on any atom is 0.230 e. The molecule has 4 rings (SSSR count). The number of thioether (sulfide) groups is 1. The van der Waals surface area contributed by atoms with Gasteiger partial charge in [-0.05, 0) is 24.1 Å². The van der Waals surface area contributed by atoms with Gasteiger partial charge in [-0.25, -0.2) is 4.98 Å². The van der Waals surface area contributed by atoms with E-state index in [2.05, 4.69) is 58.5 Å². The predicted octanol–water partition coefficient (Wildman–Crippen LogP) is 3.29. The largest absolute Gasteiger partial charge is 0.374 e. The zero-order valence-electron chi connectivity index (χ0n) is 17.7. The van der Waals surface area contributed by atoms with Gasteiger partial charge in [0.05, 0.1) is 24.2 Å². The second kappa shape index (κ2) is 10.6. The van der Waals surface area contributed by atoms with Gasteiger partial charge < -0.3 is 10.1 Å². The summed E-state index contributed by atoms with van der Waals surface area (Å²) in [5.41, 5.74) is 3.55. The van der Waals surface area contributed by atoms with Gasteiger partial charge in [0.15, 0.2) is 5.16 Å². The summed E-state index contributed by atoms with van der Waals surface area (Å²) in [5.74, 6) is 0.316. The van der Waals surface area contributed by atoms with E-state index in [1.807, 2.05) is 29.0 Å². The number of imidazole rings is 1. The van der Waals surface area contributed by atoms with Crippen LogP contribution in [0.4, 0.5) is 0 Å². The molecule has 1 fully saturated rings. The van der Waals surface area contributed by atoms with Crippen molar-refractivity contribution >= 4 is 17.7 Å². The molecule has 31 heavy (non-hydrogen) atoms. The van der Waals surface area contributed by atoms with Crippen molar-refractivity contribution in [1.82, 2.24) is 19.8 Å². The quantitative estimate of drug-likeness (QED) is 0.549. The van der Waals surface area contributed by atoms with Crippen LogP contribution < -0.4 is 5.32 Å². The van der Waals surface area contributed by atoms with Crippen LogP contribution in [0.3, 0.4) is 0 Å². The van der Waals surface area contributed by atoms with E-state index < -0.39 is 0 Å². The summed E-state index contributed by atoms with van der Waals surface area (Å²) < 4.78 is 7.88. The highest BCUT2D eigenvalue weighted by atomic mass is 32.2. The molecule has 6 nitrogen and oxygen atoms in total. The number of benzene rings is 2. The van der Waals surface area contributed by atoms with Gasteiger partial charge in [-0.15, -0.1) is 0 Å². The number of para-hydroxylation sites is 1. The third kappa shape index (κ3) is 5.97. The minimum Gasteiger partial charge on any atom is -0.374 e. The third-order valence-corrected chi connectivity index (χ3v) is 6.28. The zero-order valence-corrected chi connectivity index (χ0v) is 18.6. The van der Waals surface area contributed by atoms with E-state index in [9.17, 15) is 4.79 Å². The molecular weight excluding hydrogens is 408 g/mol. The fourth-order valence-corrected chi connectivity index (χ4v) is 4.51. The molecule has 1 saturated heterocycles. The van der Waals surface area contributed by atoms with E-state index in [0.29, 0.717) is 18.9 Å². The first-order chi connectivity index (χ1) is 15.2. The van der Waals surface area contributed by atoms with E-state index in [0.717, 1.165) is 30.5 Å². The van der Waals surface area contributed by atoms with E-state index in [1.54, 1.807) is 6.20 Å². The van der Waals surface area contributed by atoms with Crippen molar-refractivity contribution in [2.75, 3.05) is 32.0 Å². The summed E-state index contributed by atoms with van der Waals surface area (Å²) in [7, 11) is 0. The number of ether oxygens (including phenoxy) is 1. The van der Waals surface area contributed by atoms with E-state index >= 15 is 0 Å². The Bertz CT molecular complexity index is 992. The van der Waals surface area contributed by atoms with E-state index in [4.69, 9.17) is 4.74 Å². The Morgan fingerprint density at radius 1 is 1.19 bits per heavy atom. The van der Waals surface area contributed by atoms with Gasteiger partial charge in [0, 0.05) is 38.6 Å². The molecule has 1 N–H and O–H groups in total. The second-order valence-corrected chi connectivity index (χ2v) is 8.62. The standard InChI is InChI=1S/C24H28N4O2S/c1-19-7-5-6-10-22(19)28-12-11-25-24(28)31-18-23(29)26-15-21-17-27(13-14-30-21)16-20-8-3-2-4-9-20/h2-12,21H,13-18H2,1H3,(H,26,29). The van der Waals surface area contributed by atoms with Crippen molar-refractivity contribution in [3.8, 4) is 5.69 Å². The first-order valence-electron chi connectivity index (χ1n) is 10.6. The summed E-state index contributed by atoms with van der Waals surface area (Å²) in [5, 5.41) is 3.83. The molecule has 2 aromatic carbocycles. The van der Waals surface area contributed by atoms with Gasteiger partial charge in [-0.1, -0.05) is 60.3 Å². The first-order valence-corrected chi connectivity index (χ1v) is 11.5. The molecule has 7 heteroatoms. The average molecular weight is 437 g/mol. The molecule has 1 aliphatic heterocycles. The van der Waals surface area contributed by atoms with Crippen molar-refractivity contribution in [3.63, 3.8) is 0 Å². The van der Waals surface area contributed by atoms with Crippen LogP contribution in [-0.4, -0.2) is 58.5 Å². The second-order valence-electron chi connectivity index (χ2n) is 7.67. The van der Waals surface area contributed by atoms with Gasteiger partial charge in [-0.2, -0.15) is 0 Å². The van der Waals surface area contributed by atoms with Crippen molar-refractivity contribution in [3.05, 3.63) is 78.1 Å². The number of carbonyl (C=O) groups is 1. The summed E-state index contributed by atoms with van der Waals surface area (Å²) in [6.45, 7) is 5.93. The van der Waals surface area contributed by atoms with Gasteiger partial charge in [-0.3, -0.25) is 14.3 Å². The number of aromatic nitrogens is 2. The highest BCUT2D eigenvalue weighted by Crippen LogP contribution is 2.22. The summed E-state index contributed by atoms with van der Waals surface area (Å²) in [4.78, 5) is 19.2. The predicted molar refractivity (Wildman–Crippen MR) is 123 cm³/mol. The lowest BCUT2D eigenvalue weighted by atomic mass is 10.2. The molecule has 0 spiro atoms. The van der Waals surface area contributed by atoms with Crippen LogP contribution in [0.15, 0.2) is 72.1 Å². The molecule has 0 radical (unpaired) electrons. The summed E-state index contributed by atoms with van der Waals surface area (Å²) >= 11 is 1.44. The Balaban J connectivity index is 1.24. The smallest absolute Gasteiger partial charge is 0.230 e. The van der Waals surface area contributed by atoms with Crippen molar-refractivity contribution in [2.24, 2.45) is 0 Å². The maximum absolute atomic E-state index is 12.4. The van der Waals surface area contributed by atoms with Gasteiger partial charge in [0.2, 0.25) is 5.91 Å². The lowest BCUT2D eigenvalue weighted by molar-refractivity contribution is -0.119. The Morgan fingerprint density at radius 2 is 2.00 bits per heavy atom. The normalized spacial score (nSPS) is 16.9. The lowest BCUT2D eigenvalue weighted by Crippen LogP contribution is -2.47. The van der Waals surface area contributed by atoms with Gasteiger partial charge >= 0.3 is 0 Å². The Morgan fingerprint density at radius 3 is 2.84 bits per heavy atom. The van der Waals surface area contributed by atoms with Crippen molar-refractivity contribution in [1.29, 1.82) is 0 Å². The number of aryl methyl sites for hydroxylation is 1. The Labute approximate surface area is 187 Å². The minimum atomic E-state index is -0.00637. The monoisotopic (exact) mass is 436 g/mol. The van der Waals surface area contributed by atoms with Crippen LogP contribution in [0.5, 0.6) is 0 Å². The molecule has 3 aromatic rings. The highest BCUT2D eigenvalue weighted by Gasteiger charge is 2.21. The Kier molecular flexibility index (Phi) is 7.40. The van der Waals surface area contributed by atoms with E-state index in [1.165, 1.54) is 22.9 Å². The van der Waals surface area contributed by atoms with Crippen LogP contribution in [0.2, 0.25) is 0 Å². The number of morpholine rings is 1. The molecule has 0 saturated carbocycles. The van der Waals surface area contributed by atoms with Crippen molar-refractivity contribution in [2.45, 2.75) is 24.7 Å². The number of amides is 1. The average Bonchev–Trinajstić information content (AvgIpc) is 3.26. The zero-order chi connectivity index (χ0) is 21.5. The fraction of sp³-hybridized carbons (Fsp3) is 0.333. The minimum absolute atomic E-state index is 0.00637. The molecule has 1 aliphatic rings. The van der Waals surface area contributed by atoms with Gasteiger partial charge in [0.1, 0.15) is 0 Å². The molecule has 1 amide bonds. The Hall–Kier alpha value is -2.61. The number of nitrogens with zero attached hydrogens (tertiary/aromatic N) is 3. The number of nitrogens with one attached hydrogen (secondary N) is 1. The lowest BCUT2D eigenvalue weighted by Gasteiger charge is -2.33. The number of rotatable bonds is 8. The van der Waals surface area contributed by atoms with E-state index in [-0.39, 0.29) is 12.0 Å². The molecule has 1 atom stereocenters. The summed E-state index contributed by atoms with van der Waals surface area (Å²) in [6, 6.07) is 18.6. The summed E-state index contributed by atoms with van der Waals surface area (Å²) in [6.07, 6.45) is 3.71. The molecule has 0 aliphatic carbocycles. The first kappa shape index (κ1) is 21.6. The molecule has 2 heterocycles. The SMILES string of the molecule is Cc1ccccc1-n1ccnc1SCC(=O)NCC1CN(Cc2ccccc2)CCO1. The van der Waals surface area contributed by atoms with Crippen molar-refractivity contribution < 1.29 is 9.53 Å². The molecular formula is C24H28N4O2S. The number of hydrogen-bond acceptors (Lipinski definition) is 5.